The Morgan fingerprint density at radius 3 is 3.08 bits per heavy atom. The summed E-state index contributed by atoms with van der Waals surface area (Å²) in [7, 11) is 0. The molecule has 0 aromatic rings. The highest BCUT2D eigenvalue weighted by Gasteiger charge is 2.44. The van der Waals surface area contributed by atoms with Crippen LogP contribution >= 0.6 is 0 Å². The Kier molecular flexibility index (Phi) is 1.94. The molecular formula is C11H16O2. The van der Waals surface area contributed by atoms with Crippen LogP contribution in [-0.2, 0) is 9.53 Å². The normalized spacial score (nSPS) is 39.6. The summed E-state index contributed by atoms with van der Waals surface area (Å²) >= 11 is 0. The van der Waals surface area contributed by atoms with E-state index in [-0.39, 0.29) is 11.4 Å². The molecule has 72 valence electrons. The van der Waals surface area contributed by atoms with Crippen LogP contribution in [0.1, 0.15) is 32.6 Å². The highest BCUT2D eigenvalue weighted by atomic mass is 16.5. The van der Waals surface area contributed by atoms with Gasteiger partial charge in [-0.1, -0.05) is 26.3 Å². The Balaban J connectivity index is 2.24. The van der Waals surface area contributed by atoms with E-state index in [2.05, 4.69) is 13.5 Å². The molecule has 1 heterocycles. The van der Waals surface area contributed by atoms with E-state index in [1.807, 2.05) is 0 Å². The summed E-state index contributed by atoms with van der Waals surface area (Å²) in [5.41, 5.74) is 0.886. The van der Waals surface area contributed by atoms with E-state index in [9.17, 15) is 4.79 Å². The molecule has 2 nitrogen and oxygen atoms in total. The summed E-state index contributed by atoms with van der Waals surface area (Å²) in [6.45, 7) is 6.66. The van der Waals surface area contributed by atoms with Crippen LogP contribution < -0.4 is 0 Å². The Morgan fingerprint density at radius 2 is 2.31 bits per heavy atom. The molecule has 0 aromatic heterocycles. The number of hydrogen-bond acceptors (Lipinski definition) is 2. The third-order valence-corrected chi connectivity index (χ3v) is 3.55. The summed E-state index contributed by atoms with van der Waals surface area (Å²) in [6, 6.07) is 0. The van der Waals surface area contributed by atoms with Crippen molar-refractivity contribution in [2.45, 2.75) is 32.6 Å². The van der Waals surface area contributed by atoms with Crippen molar-refractivity contribution in [3.8, 4) is 0 Å². The van der Waals surface area contributed by atoms with Crippen LogP contribution in [-0.4, -0.2) is 12.6 Å². The van der Waals surface area contributed by atoms with Crippen molar-refractivity contribution in [3.63, 3.8) is 0 Å². The van der Waals surface area contributed by atoms with Crippen LogP contribution in [0.5, 0.6) is 0 Å². The Hall–Kier alpha value is -0.790. The maximum Gasteiger partial charge on any atom is 0.333 e. The molecule has 0 N–H and O–H groups in total. The first-order chi connectivity index (χ1) is 6.13. The van der Waals surface area contributed by atoms with Gasteiger partial charge >= 0.3 is 5.97 Å². The molecule has 1 aliphatic heterocycles. The standard InChI is InChI=1S/C11H16O2/c1-8-9-5-3-4-6-11(9,2)7-13-10(8)12/h9H,1,3-7H2,2H3/t9-,11-/m0/s1. The first kappa shape index (κ1) is 8.79. The molecule has 0 aromatic carbocycles. The third kappa shape index (κ3) is 1.28. The van der Waals surface area contributed by atoms with Gasteiger partial charge in [-0.15, -0.1) is 0 Å². The maximum atomic E-state index is 11.3. The van der Waals surface area contributed by atoms with Crippen molar-refractivity contribution < 1.29 is 9.53 Å². The second kappa shape index (κ2) is 2.86. The number of fused-ring (bicyclic) bond motifs is 1. The molecule has 2 rings (SSSR count). The van der Waals surface area contributed by atoms with E-state index >= 15 is 0 Å². The minimum atomic E-state index is -0.177. The molecule has 2 fully saturated rings. The Bertz CT molecular complexity index is 257. The maximum absolute atomic E-state index is 11.3. The fraction of sp³-hybridized carbons (Fsp3) is 0.727. The van der Waals surface area contributed by atoms with E-state index in [0.29, 0.717) is 18.1 Å². The van der Waals surface area contributed by atoms with Crippen LogP contribution in [0.25, 0.3) is 0 Å². The van der Waals surface area contributed by atoms with Gasteiger partial charge in [0.2, 0.25) is 0 Å². The molecular weight excluding hydrogens is 164 g/mol. The van der Waals surface area contributed by atoms with E-state index in [1.54, 1.807) is 0 Å². The number of esters is 1. The molecule has 1 saturated carbocycles. The quantitative estimate of drug-likeness (QED) is 0.422. The molecule has 0 bridgehead atoms. The van der Waals surface area contributed by atoms with Crippen molar-refractivity contribution in [2.24, 2.45) is 11.3 Å². The van der Waals surface area contributed by atoms with Crippen LogP contribution in [0.2, 0.25) is 0 Å². The highest BCUT2D eigenvalue weighted by molar-refractivity contribution is 5.89. The molecule has 0 unspecified atom stereocenters. The second-order valence-corrected chi connectivity index (χ2v) is 4.55. The summed E-state index contributed by atoms with van der Waals surface area (Å²) in [6.07, 6.45) is 4.78. The minimum Gasteiger partial charge on any atom is -0.462 e. The molecule has 2 atom stereocenters. The fourth-order valence-corrected chi connectivity index (χ4v) is 2.63. The molecule has 13 heavy (non-hydrogen) atoms. The zero-order valence-electron chi connectivity index (χ0n) is 8.14. The molecule has 1 aliphatic carbocycles. The van der Waals surface area contributed by atoms with E-state index in [4.69, 9.17) is 4.74 Å². The van der Waals surface area contributed by atoms with Gasteiger partial charge < -0.3 is 4.74 Å². The van der Waals surface area contributed by atoms with Gasteiger partial charge in [0.15, 0.2) is 0 Å². The van der Waals surface area contributed by atoms with Gasteiger partial charge in [0.1, 0.15) is 0 Å². The summed E-state index contributed by atoms with van der Waals surface area (Å²) in [5, 5.41) is 0. The number of hydrogen-bond donors (Lipinski definition) is 0. The number of ether oxygens (including phenoxy) is 1. The van der Waals surface area contributed by atoms with Crippen LogP contribution in [0.15, 0.2) is 12.2 Å². The van der Waals surface area contributed by atoms with Gasteiger partial charge in [-0.05, 0) is 18.8 Å². The van der Waals surface area contributed by atoms with Gasteiger partial charge in [-0.25, -0.2) is 4.79 Å². The van der Waals surface area contributed by atoms with E-state index in [0.717, 1.165) is 6.42 Å². The first-order valence-electron chi connectivity index (χ1n) is 4.99. The lowest BCUT2D eigenvalue weighted by Crippen LogP contribution is -2.43. The average molecular weight is 180 g/mol. The lowest BCUT2D eigenvalue weighted by molar-refractivity contribution is -0.152. The van der Waals surface area contributed by atoms with Gasteiger partial charge in [-0.2, -0.15) is 0 Å². The third-order valence-electron chi connectivity index (χ3n) is 3.55. The van der Waals surface area contributed by atoms with Crippen molar-refractivity contribution >= 4 is 5.97 Å². The summed E-state index contributed by atoms with van der Waals surface area (Å²) in [4.78, 5) is 11.3. The topological polar surface area (TPSA) is 26.3 Å². The zero-order chi connectivity index (χ0) is 9.47. The van der Waals surface area contributed by atoms with E-state index < -0.39 is 0 Å². The van der Waals surface area contributed by atoms with Gasteiger partial charge in [0.05, 0.1) is 6.61 Å². The first-order valence-corrected chi connectivity index (χ1v) is 4.99. The van der Waals surface area contributed by atoms with Crippen molar-refractivity contribution in [1.29, 1.82) is 0 Å². The Morgan fingerprint density at radius 1 is 1.54 bits per heavy atom. The largest absolute Gasteiger partial charge is 0.462 e. The lowest BCUT2D eigenvalue weighted by atomic mass is 9.64. The lowest BCUT2D eigenvalue weighted by Gasteiger charge is -2.44. The predicted molar refractivity (Wildman–Crippen MR) is 50.2 cm³/mol. The smallest absolute Gasteiger partial charge is 0.333 e. The van der Waals surface area contributed by atoms with Crippen molar-refractivity contribution in [3.05, 3.63) is 12.2 Å². The summed E-state index contributed by atoms with van der Waals surface area (Å²) < 4.78 is 5.12. The number of cyclic esters (lactones) is 1. The Labute approximate surface area is 79.0 Å². The highest BCUT2D eigenvalue weighted by Crippen LogP contribution is 2.47. The van der Waals surface area contributed by atoms with Crippen molar-refractivity contribution in [1.82, 2.24) is 0 Å². The number of carbonyl (C=O) groups excluding carboxylic acids is 1. The minimum absolute atomic E-state index is 0.177. The molecule has 0 amide bonds. The zero-order valence-corrected chi connectivity index (χ0v) is 8.14. The second-order valence-electron chi connectivity index (χ2n) is 4.55. The predicted octanol–water partition coefficient (Wildman–Crippen LogP) is 2.30. The molecule has 2 heteroatoms. The van der Waals surface area contributed by atoms with Crippen molar-refractivity contribution in [2.75, 3.05) is 6.61 Å². The van der Waals surface area contributed by atoms with Gasteiger partial charge in [0, 0.05) is 11.0 Å². The van der Waals surface area contributed by atoms with Crippen LogP contribution in [0.4, 0.5) is 0 Å². The molecule has 2 aliphatic rings. The monoisotopic (exact) mass is 180 g/mol. The summed E-state index contributed by atoms with van der Waals surface area (Å²) in [5.74, 6) is 0.201. The molecule has 0 spiro atoms. The SMILES string of the molecule is C=C1C(=O)OC[C@]2(C)CCCC[C@@H]12. The van der Waals surface area contributed by atoms with E-state index in [1.165, 1.54) is 19.3 Å². The molecule has 1 saturated heterocycles. The average Bonchev–Trinajstić information content (AvgIpc) is 2.12. The number of rotatable bonds is 0. The van der Waals surface area contributed by atoms with Crippen LogP contribution in [0.3, 0.4) is 0 Å². The van der Waals surface area contributed by atoms with Gasteiger partial charge in [0.25, 0.3) is 0 Å². The molecule has 0 radical (unpaired) electrons. The number of carbonyl (C=O) groups is 1. The van der Waals surface area contributed by atoms with Crippen LogP contribution in [0, 0.1) is 11.3 Å². The van der Waals surface area contributed by atoms with Gasteiger partial charge in [-0.3, -0.25) is 0 Å². The fourth-order valence-electron chi connectivity index (χ4n) is 2.63.